The van der Waals surface area contributed by atoms with Gasteiger partial charge in [-0.05, 0) is 110 Å². The van der Waals surface area contributed by atoms with Crippen molar-refractivity contribution in [3.63, 3.8) is 0 Å². The Bertz CT molecular complexity index is 1680. The van der Waals surface area contributed by atoms with Crippen LogP contribution in [0.3, 0.4) is 0 Å². The van der Waals surface area contributed by atoms with Crippen LogP contribution >= 0.6 is 23.2 Å². The number of nitrogens with zero attached hydrogens (tertiary/aromatic N) is 2. The van der Waals surface area contributed by atoms with Gasteiger partial charge in [0.15, 0.2) is 0 Å². The number of amides is 2. The van der Waals surface area contributed by atoms with Crippen molar-refractivity contribution in [2.24, 2.45) is 17.8 Å². The third kappa shape index (κ3) is 7.50. The van der Waals surface area contributed by atoms with Crippen LogP contribution < -0.4 is 9.62 Å². The number of likely N-dealkylation sites (N-methyl/N-ethyl adjacent to an activating group) is 1. The number of benzene rings is 3. The van der Waals surface area contributed by atoms with Crippen molar-refractivity contribution in [1.82, 2.24) is 10.2 Å². The second-order valence-electron chi connectivity index (χ2n) is 13.9. The average molecular weight is 697 g/mol. The lowest BCUT2D eigenvalue weighted by molar-refractivity contribution is -0.140. The standard InChI is InChI=1S/C37H43Cl2N3O4S/c1-3-40-36(44)34(18-25-7-5-4-6-8-25)41(23-29-9-12-31(38)19-33(29)39)35(43)24-42(47(2,45)46)32-13-10-30(11-14-32)37-20-26-15-27(21-37)17-28(16-26)22-37/h4-14,19,26-28,34H,3,15-18,20-24H2,1-2H3,(H,40,44). The van der Waals surface area contributed by atoms with Crippen LogP contribution in [-0.4, -0.2) is 50.5 Å². The molecular formula is C37H43Cl2N3O4S. The fourth-order valence-electron chi connectivity index (χ4n) is 8.74. The summed E-state index contributed by atoms with van der Waals surface area (Å²) in [6.45, 7) is 1.72. The maximum absolute atomic E-state index is 14.4. The molecule has 1 atom stereocenters. The Balaban J connectivity index is 1.31. The number of hydrogen-bond donors (Lipinski definition) is 1. The van der Waals surface area contributed by atoms with E-state index in [4.69, 9.17) is 23.2 Å². The summed E-state index contributed by atoms with van der Waals surface area (Å²) in [5, 5.41) is 3.67. The van der Waals surface area contributed by atoms with Crippen LogP contribution in [-0.2, 0) is 38.0 Å². The molecule has 1 N–H and O–H groups in total. The van der Waals surface area contributed by atoms with Crippen molar-refractivity contribution in [2.75, 3.05) is 23.7 Å². The molecule has 1 unspecified atom stereocenters. The Morgan fingerprint density at radius 1 is 0.915 bits per heavy atom. The Kier molecular flexibility index (Phi) is 9.94. The van der Waals surface area contributed by atoms with Crippen LogP contribution in [0.2, 0.25) is 10.0 Å². The molecule has 250 valence electrons. The third-order valence-electron chi connectivity index (χ3n) is 10.5. The zero-order valence-electron chi connectivity index (χ0n) is 27.0. The molecule has 4 aliphatic carbocycles. The van der Waals surface area contributed by atoms with Gasteiger partial charge in [-0.2, -0.15) is 0 Å². The lowest BCUT2D eigenvalue weighted by atomic mass is 9.48. The van der Waals surface area contributed by atoms with E-state index in [1.807, 2.05) is 49.4 Å². The van der Waals surface area contributed by atoms with Crippen molar-refractivity contribution in [3.8, 4) is 0 Å². The van der Waals surface area contributed by atoms with Crippen molar-refractivity contribution in [2.45, 2.75) is 69.9 Å². The van der Waals surface area contributed by atoms with E-state index in [0.717, 1.165) is 33.9 Å². The lowest BCUT2D eigenvalue weighted by Gasteiger charge is -2.57. The summed E-state index contributed by atoms with van der Waals surface area (Å²) in [6.07, 6.45) is 9.01. The average Bonchev–Trinajstić information content (AvgIpc) is 3.02. The van der Waals surface area contributed by atoms with E-state index in [1.54, 1.807) is 18.2 Å². The highest BCUT2D eigenvalue weighted by Gasteiger charge is 2.51. The van der Waals surface area contributed by atoms with Crippen LogP contribution in [0, 0.1) is 17.8 Å². The molecule has 4 bridgehead atoms. The molecule has 7 rings (SSSR count). The van der Waals surface area contributed by atoms with Crippen LogP contribution in [0.5, 0.6) is 0 Å². The molecule has 4 saturated carbocycles. The maximum Gasteiger partial charge on any atom is 0.244 e. The summed E-state index contributed by atoms with van der Waals surface area (Å²) in [5.74, 6) is 1.53. The van der Waals surface area contributed by atoms with E-state index in [0.29, 0.717) is 27.8 Å². The van der Waals surface area contributed by atoms with Gasteiger partial charge in [0.2, 0.25) is 21.8 Å². The minimum absolute atomic E-state index is 0.00791. The van der Waals surface area contributed by atoms with Gasteiger partial charge >= 0.3 is 0 Å². The number of carbonyl (C=O) groups excluding carboxylic acids is 2. The minimum Gasteiger partial charge on any atom is -0.355 e. The first-order valence-electron chi connectivity index (χ1n) is 16.6. The smallest absolute Gasteiger partial charge is 0.244 e. The van der Waals surface area contributed by atoms with Crippen molar-refractivity contribution in [3.05, 3.63) is 99.5 Å². The fourth-order valence-corrected chi connectivity index (χ4v) is 10.1. The molecule has 3 aromatic rings. The Hall–Kier alpha value is -3.07. The van der Waals surface area contributed by atoms with Gasteiger partial charge in [0, 0.05) is 29.6 Å². The van der Waals surface area contributed by atoms with Gasteiger partial charge in [0.05, 0.1) is 11.9 Å². The van der Waals surface area contributed by atoms with Gasteiger partial charge in [-0.25, -0.2) is 8.42 Å². The molecule has 0 aliphatic heterocycles. The van der Waals surface area contributed by atoms with Crippen LogP contribution in [0.4, 0.5) is 5.69 Å². The van der Waals surface area contributed by atoms with Gasteiger partial charge in [0.1, 0.15) is 12.6 Å². The monoisotopic (exact) mass is 695 g/mol. The molecule has 4 aliphatic rings. The van der Waals surface area contributed by atoms with Gasteiger partial charge < -0.3 is 10.2 Å². The predicted octanol–water partition coefficient (Wildman–Crippen LogP) is 7.00. The van der Waals surface area contributed by atoms with Crippen molar-refractivity contribution in [1.29, 1.82) is 0 Å². The van der Waals surface area contributed by atoms with E-state index >= 15 is 0 Å². The molecular weight excluding hydrogens is 653 g/mol. The number of hydrogen-bond acceptors (Lipinski definition) is 4. The largest absolute Gasteiger partial charge is 0.355 e. The molecule has 0 spiro atoms. The molecule has 0 heterocycles. The molecule has 3 aromatic carbocycles. The van der Waals surface area contributed by atoms with Crippen molar-refractivity contribution >= 4 is 50.7 Å². The summed E-state index contributed by atoms with van der Waals surface area (Å²) in [4.78, 5) is 29.4. The van der Waals surface area contributed by atoms with Crippen LogP contribution in [0.15, 0.2) is 72.8 Å². The number of rotatable bonds is 12. The van der Waals surface area contributed by atoms with Crippen LogP contribution in [0.25, 0.3) is 0 Å². The molecule has 7 nitrogen and oxygen atoms in total. The molecule has 0 saturated heterocycles. The second kappa shape index (κ2) is 13.8. The highest BCUT2D eigenvalue weighted by atomic mass is 35.5. The van der Waals surface area contributed by atoms with E-state index in [1.165, 1.54) is 49.0 Å². The second-order valence-corrected chi connectivity index (χ2v) is 16.6. The first-order chi connectivity index (χ1) is 22.4. The fraction of sp³-hybridized carbons (Fsp3) is 0.459. The number of anilines is 1. The Morgan fingerprint density at radius 3 is 2.09 bits per heavy atom. The summed E-state index contributed by atoms with van der Waals surface area (Å²) in [7, 11) is -3.86. The lowest BCUT2D eigenvalue weighted by Crippen LogP contribution is -2.53. The molecule has 47 heavy (non-hydrogen) atoms. The molecule has 2 amide bonds. The minimum atomic E-state index is -3.86. The summed E-state index contributed by atoms with van der Waals surface area (Å²) in [6, 6.07) is 21.3. The number of carbonyl (C=O) groups is 2. The molecule has 4 fully saturated rings. The van der Waals surface area contributed by atoms with Gasteiger partial charge in [-0.3, -0.25) is 13.9 Å². The summed E-state index contributed by atoms with van der Waals surface area (Å²) in [5.41, 5.74) is 3.33. The zero-order valence-corrected chi connectivity index (χ0v) is 29.3. The van der Waals surface area contributed by atoms with E-state index in [-0.39, 0.29) is 24.3 Å². The zero-order chi connectivity index (χ0) is 33.3. The van der Waals surface area contributed by atoms with Crippen molar-refractivity contribution < 1.29 is 18.0 Å². The highest BCUT2D eigenvalue weighted by molar-refractivity contribution is 7.92. The highest BCUT2D eigenvalue weighted by Crippen LogP contribution is 2.60. The molecule has 0 aromatic heterocycles. The predicted molar refractivity (Wildman–Crippen MR) is 188 cm³/mol. The first kappa shape index (κ1) is 33.8. The molecule has 0 radical (unpaired) electrons. The topological polar surface area (TPSA) is 86.8 Å². The molecule has 10 heteroatoms. The van der Waals surface area contributed by atoms with Crippen LogP contribution in [0.1, 0.15) is 62.1 Å². The summed E-state index contributed by atoms with van der Waals surface area (Å²) >= 11 is 12.7. The van der Waals surface area contributed by atoms with Gasteiger partial charge in [0.25, 0.3) is 0 Å². The first-order valence-corrected chi connectivity index (χ1v) is 19.2. The van der Waals surface area contributed by atoms with E-state index in [9.17, 15) is 18.0 Å². The number of halogens is 2. The Morgan fingerprint density at radius 2 is 1.53 bits per heavy atom. The maximum atomic E-state index is 14.4. The quantitative estimate of drug-likeness (QED) is 0.221. The number of nitrogens with one attached hydrogen (secondary N) is 1. The Labute approximate surface area is 288 Å². The van der Waals surface area contributed by atoms with Gasteiger partial charge in [-0.15, -0.1) is 0 Å². The normalized spacial score (nSPS) is 23.7. The summed E-state index contributed by atoms with van der Waals surface area (Å²) < 4.78 is 27.7. The van der Waals surface area contributed by atoms with E-state index in [2.05, 4.69) is 17.4 Å². The number of sulfonamides is 1. The van der Waals surface area contributed by atoms with Gasteiger partial charge in [-0.1, -0.05) is 71.7 Å². The third-order valence-corrected chi connectivity index (χ3v) is 12.2. The SMILES string of the molecule is CCNC(=O)C(Cc1ccccc1)N(Cc1ccc(Cl)cc1Cl)C(=O)CN(c1ccc(C23CC4CC(CC(C4)C2)C3)cc1)S(C)(=O)=O. The van der Waals surface area contributed by atoms with E-state index < -0.39 is 28.5 Å².